The van der Waals surface area contributed by atoms with Crippen molar-refractivity contribution in [1.82, 2.24) is 20.4 Å². The average molecular weight is 324 g/mol. The molecular weight excluding hydrogens is 296 g/mol. The Balaban J connectivity index is 1.64. The van der Waals surface area contributed by atoms with E-state index in [0.717, 1.165) is 6.54 Å². The van der Waals surface area contributed by atoms with Crippen LogP contribution in [0.25, 0.3) is 0 Å². The van der Waals surface area contributed by atoms with Gasteiger partial charge in [0.25, 0.3) is 0 Å². The fraction of sp³-hybridized carbons (Fsp3) is 0.875. The van der Waals surface area contributed by atoms with Crippen molar-refractivity contribution in [2.45, 2.75) is 57.5 Å². The maximum atomic E-state index is 5.30. The van der Waals surface area contributed by atoms with Crippen molar-refractivity contribution >= 4 is 11.8 Å². The summed E-state index contributed by atoms with van der Waals surface area (Å²) in [5.74, 6) is 3.97. The summed E-state index contributed by atoms with van der Waals surface area (Å²) in [6.45, 7) is 7.49. The first-order valence-electron chi connectivity index (χ1n) is 8.56. The van der Waals surface area contributed by atoms with Gasteiger partial charge in [0, 0.05) is 36.7 Å². The molecule has 0 bridgehead atoms. The number of hydrogen-bond acceptors (Lipinski definition) is 6. The van der Waals surface area contributed by atoms with Crippen LogP contribution in [-0.4, -0.2) is 51.7 Å². The van der Waals surface area contributed by atoms with Crippen LogP contribution in [0.15, 0.2) is 4.52 Å². The highest BCUT2D eigenvalue weighted by atomic mass is 32.2. The van der Waals surface area contributed by atoms with Crippen LogP contribution in [0.3, 0.4) is 0 Å². The lowest BCUT2D eigenvalue weighted by molar-refractivity contribution is 0.0554. The molecule has 2 fully saturated rings. The second-order valence-corrected chi connectivity index (χ2v) is 7.89. The Morgan fingerprint density at radius 1 is 1.27 bits per heavy atom. The van der Waals surface area contributed by atoms with Crippen LogP contribution in [0.4, 0.5) is 0 Å². The quantitative estimate of drug-likeness (QED) is 0.899. The van der Waals surface area contributed by atoms with Gasteiger partial charge in [-0.05, 0) is 26.7 Å². The second kappa shape index (κ2) is 7.32. The Hall–Kier alpha value is -0.590. The van der Waals surface area contributed by atoms with Gasteiger partial charge in [0.15, 0.2) is 5.82 Å². The summed E-state index contributed by atoms with van der Waals surface area (Å²) in [7, 11) is 0. The van der Waals surface area contributed by atoms with Crippen LogP contribution in [0, 0.1) is 6.92 Å². The van der Waals surface area contributed by atoms with Gasteiger partial charge in [-0.3, -0.25) is 4.90 Å². The number of nitrogens with zero attached hydrogens (tertiary/aromatic N) is 3. The lowest BCUT2D eigenvalue weighted by atomic mass is 9.79. The molecule has 1 atom stereocenters. The highest BCUT2D eigenvalue weighted by molar-refractivity contribution is 7.99. The summed E-state index contributed by atoms with van der Waals surface area (Å²) in [4.78, 5) is 7.10. The van der Waals surface area contributed by atoms with E-state index in [2.05, 4.69) is 39.0 Å². The number of nitrogens with one attached hydrogen (secondary N) is 1. The molecule has 0 aromatic carbocycles. The van der Waals surface area contributed by atoms with Gasteiger partial charge in [0.1, 0.15) is 0 Å². The molecule has 124 valence electrons. The van der Waals surface area contributed by atoms with E-state index < -0.39 is 0 Å². The minimum absolute atomic E-state index is 0.124. The fourth-order valence-corrected chi connectivity index (χ4v) is 4.67. The van der Waals surface area contributed by atoms with Gasteiger partial charge >= 0.3 is 0 Å². The zero-order valence-corrected chi connectivity index (χ0v) is 14.6. The third-order valence-electron chi connectivity index (χ3n) is 5.12. The predicted octanol–water partition coefficient (Wildman–Crippen LogP) is 2.78. The molecule has 1 saturated carbocycles. The fourth-order valence-electron chi connectivity index (χ4n) is 3.77. The number of rotatable bonds is 5. The summed E-state index contributed by atoms with van der Waals surface area (Å²) < 4.78 is 5.30. The Morgan fingerprint density at radius 3 is 2.64 bits per heavy atom. The summed E-state index contributed by atoms with van der Waals surface area (Å²) in [6, 6.07) is 0.124. The van der Waals surface area contributed by atoms with Crippen LogP contribution in [0.2, 0.25) is 0 Å². The van der Waals surface area contributed by atoms with Crippen LogP contribution in [-0.2, 0) is 0 Å². The minimum atomic E-state index is 0.124. The number of hydrogen-bond donors (Lipinski definition) is 1. The first-order chi connectivity index (χ1) is 10.7. The molecule has 2 heterocycles. The smallest absolute Gasteiger partial charge is 0.243 e. The van der Waals surface area contributed by atoms with Crippen LogP contribution >= 0.6 is 11.8 Å². The molecule has 1 N–H and O–H groups in total. The maximum Gasteiger partial charge on any atom is 0.243 e. The molecule has 1 unspecified atom stereocenters. The molecule has 1 aromatic heterocycles. The number of thioether (sulfide) groups is 1. The average Bonchev–Trinajstić information content (AvgIpc) is 3.01. The van der Waals surface area contributed by atoms with Gasteiger partial charge in [-0.25, -0.2) is 0 Å². The van der Waals surface area contributed by atoms with Crippen molar-refractivity contribution in [3.63, 3.8) is 0 Å². The van der Waals surface area contributed by atoms with Gasteiger partial charge < -0.3 is 9.84 Å². The van der Waals surface area contributed by atoms with E-state index in [9.17, 15) is 0 Å². The third-order valence-corrected chi connectivity index (χ3v) is 6.06. The van der Waals surface area contributed by atoms with Crippen molar-refractivity contribution in [2.24, 2.45) is 0 Å². The van der Waals surface area contributed by atoms with Gasteiger partial charge in [-0.15, -0.1) is 0 Å². The SMILES string of the molecule is Cc1noc(C(C)NCC2(N3CCSCC3)CCCCC2)n1. The van der Waals surface area contributed by atoms with Crippen LogP contribution in [0.1, 0.15) is 56.8 Å². The molecule has 1 aromatic rings. The summed E-state index contributed by atoms with van der Waals surface area (Å²) in [5.41, 5.74) is 0.336. The Kier molecular flexibility index (Phi) is 5.42. The lowest BCUT2D eigenvalue weighted by Crippen LogP contribution is -2.58. The first-order valence-corrected chi connectivity index (χ1v) is 9.71. The van der Waals surface area contributed by atoms with Crippen molar-refractivity contribution in [2.75, 3.05) is 31.1 Å². The molecule has 0 spiro atoms. The molecule has 5 nitrogen and oxygen atoms in total. The zero-order valence-electron chi connectivity index (χ0n) is 13.8. The highest BCUT2D eigenvalue weighted by Crippen LogP contribution is 2.35. The summed E-state index contributed by atoms with van der Waals surface area (Å²) >= 11 is 2.09. The van der Waals surface area contributed by atoms with Crippen molar-refractivity contribution < 1.29 is 4.52 Å². The molecule has 1 aliphatic carbocycles. The van der Waals surface area contributed by atoms with Gasteiger partial charge in [-0.2, -0.15) is 16.7 Å². The third kappa shape index (κ3) is 3.66. The van der Waals surface area contributed by atoms with Gasteiger partial charge in [-0.1, -0.05) is 24.4 Å². The maximum absolute atomic E-state index is 5.30. The predicted molar refractivity (Wildman–Crippen MR) is 90.2 cm³/mol. The lowest BCUT2D eigenvalue weighted by Gasteiger charge is -2.48. The molecule has 0 radical (unpaired) electrons. The second-order valence-electron chi connectivity index (χ2n) is 6.67. The van der Waals surface area contributed by atoms with Gasteiger partial charge in [0.2, 0.25) is 5.89 Å². The van der Waals surface area contributed by atoms with E-state index in [4.69, 9.17) is 4.52 Å². The Morgan fingerprint density at radius 2 is 2.00 bits per heavy atom. The Labute approximate surface area is 137 Å². The minimum Gasteiger partial charge on any atom is -0.338 e. The number of aryl methyl sites for hydroxylation is 1. The summed E-state index contributed by atoms with van der Waals surface area (Å²) in [5, 5.41) is 7.58. The molecule has 1 saturated heterocycles. The van der Waals surface area contributed by atoms with E-state index in [1.165, 1.54) is 56.7 Å². The molecule has 6 heteroatoms. The van der Waals surface area contributed by atoms with E-state index in [0.29, 0.717) is 17.3 Å². The van der Waals surface area contributed by atoms with E-state index >= 15 is 0 Å². The van der Waals surface area contributed by atoms with E-state index in [1.54, 1.807) is 0 Å². The van der Waals surface area contributed by atoms with Gasteiger partial charge in [0.05, 0.1) is 6.04 Å². The van der Waals surface area contributed by atoms with E-state index in [-0.39, 0.29) is 6.04 Å². The van der Waals surface area contributed by atoms with Crippen molar-refractivity contribution in [3.8, 4) is 0 Å². The monoisotopic (exact) mass is 324 g/mol. The Bertz CT molecular complexity index is 466. The summed E-state index contributed by atoms with van der Waals surface area (Å²) in [6.07, 6.45) is 6.75. The topological polar surface area (TPSA) is 54.2 Å². The van der Waals surface area contributed by atoms with E-state index in [1.807, 2.05) is 6.92 Å². The molecular formula is C16H28N4OS. The largest absolute Gasteiger partial charge is 0.338 e. The molecule has 1 aliphatic heterocycles. The molecule has 3 rings (SSSR count). The number of aromatic nitrogens is 2. The van der Waals surface area contributed by atoms with Crippen LogP contribution < -0.4 is 5.32 Å². The molecule has 0 amide bonds. The van der Waals surface area contributed by atoms with Crippen molar-refractivity contribution in [1.29, 1.82) is 0 Å². The zero-order chi connectivity index (χ0) is 15.4. The van der Waals surface area contributed by atoms with Crippen LogP contribution in [0.5, 0.6) is 0 Å². The van der Waals surface area contributed by atoms with Crippen molar-refractivity contribution in [3.05, 3.63) is 11.7 Å². The first kappa shape index (κ1) is 16.3. The normalized spacial score (nSPS) is 24.3. The standard InChI is InChI=1S/C16H28N4OS/c1-13(15-18-14(2)19-21-15)17-12-16(6-4-3-5-7-16)20-8-10-22-11-9-20/h13,17H,3-12H2,1-2H3. The molecule has 22 heavy (non-hydrogen) atoms. The molecule has 2 aliphatic rings. The highest BCUT2D eigenvalue weighted by Gasteiger charge is 2.38.